The predicted octanol–water partition coefficient (Wildman–Crippen LogP) is 0.839. The van der Waals surface area contributed by atoms with Crippen molar-refractivity contribution in [1.82, 2.24) is 5.32 Å². The molecule has 0 aliphatic heterocycles. The lowest BCUT2D eigenvalue weighted by Gasteiger charge is -2.19. The second-order valence-electron chi connectivity index (χ2n) is 3.99. The average Bonchev–Trinajstić information content (AvgIpc) is 1.99. The van der Waals surface area contributed by atoms with Gasteiger partial charge in [-0.25, -0.2) is 0 Å². The number of nitrogens with two attached hydrogens (primary N) is 1. The topological polar surface area (TPSA) is 55.1 Å². The lowest BCUT2D eigenvalue weighted by atomic mass is 10.1. The van der Waals surface area contributed by atoms with Crippen LogP contribution in [0.25, 0.3) is 0 Å². The average molecular weight is 204 g/mol. The SMILES string of the molecule is CSCC(C)CNC(=O)C(C)(C)N. The lowest BCUT2D eigenvalue weighted by molar-refractivity contribution is -0.125. The first-order chi connectivity index (χ1) is 5.88. The van der Waals surface area contributed by atoms with Crippen molar-refractivity contribution < 1.29 is 4.79 Å². The van der Waals surface area contributed by atoms with Gasteiger partial charge in [0.15, 0.2) is 0 Å². The summed E-state index contributed by atoms with van der Waals surface area (Å²) in [4.78, 5) is 11.3. The van der Waals surface area contributed by atoms with Crippen molar-refractivity contribution >= 4 is 17.7 Å². The molecule has 0 radical (unpaired) electrons. The highest BCUT2D eigenvalue weighted by Crippen LogP contribution is 2.03. The fourth-order valence-electron chi connectivity index (χ4n) is 0.838. The van der Waals surface area contributed by atoms with E-state index in [1.54, 1.807) is 25.6 Å². The molecule has 3 nitrogen and oxygen atoms in total. The van der Waals surface area contributed by atoms with Crippen LogP contribution in [0.3, 0.4) is 0 Å². The van der Waals surface area contributed by atoms with E-state index in [1.165, 1.54) is 0 Å². The number of amides is 1. The first-order valence-corrected chi connectivity index (χ1v) is 5.83. The summed E-state index contributed by atoms with van der Waals surface area (Å²) in [5, 5.41) is 2.83. The molecule has 0 aromatic heterocycles. The summed E-state index contributed by atoms with van der Waals surface area (Å²) in [6, 6.07) is 0. The maximum absolute atomic E-state index is 11.3. The van der Waals surface area contributed by atoms with Crippen molar-refractivity contribution in [3.8, 4) is 0 Å². The minimum atomic E-state index is -0.765. The van der Waals surface area contributed by atoms with Gasteiger partial charge in [-0.2, -0.15) is 11.8 Å². The highest BCUT2D eigenvalue weighted by atomic mass is 32.2. The second-order valence-corrected chi connectivity index (χ2v) is 4.90. The maximum atomic E-state index is 11.3. The van der Waals surface area contributed by atoms with Crippen molar-refractivity contribution in [3.63, 3.8) is 0 Å². The van der Waals surface area contributed by atoms with Crippen LogP contribution in [0.5, 0.6) is 0 Å². The maximum Gasteiger partial charge on any atom is 0.239 e. The van der Waals surface area contributed by atoms with E-state index in [9.17, 15) is 4.79 Å². The van der Waals surface area contributed by atoms with E-state index in [2.05, 4.69) is 18.5 Å². The monoisotopic (exact) mass is 204 g/mol. The van der Waals surface area contributed by atoms with E-state index in [4.69, 9.17) is 5.73 Å². The number of carbonyl (C=O) groups is 1. The molecule has 1 amide bonds. The molecule has 0 aromatic carbocycles. The summed E-state index contributed by atoms with van der Waals surface area (Å²) >= 11 is 1.79. The molecule has 0 fully saturated rings. The highest BCUT2D eigenvalue weighted by molar-refractivity contribution is 7.98. The Morgan fingerprint density at radius 3 is 2.54 bits per heavy atom. The number of carbonyl (C=O) groups excluding carboxylic acids is 1. The molecule has 1 atom stereocenters. The van der Waals surface area contributed by atoms with Gasteiger partial charge in [0.05, 0.1) is 5.54 Å². The summed E-state index contributed by atoms with van der Waals surface area (Å²) in [5.74, 6) is 1.48. The van der Waals surface area contributed by atoms with Crippen LogP contribution < -0.4 is 11.1 Å². The smallest absolute Gasteiger partial charge is 0.239 e. The molecule has 0 heterocycles. The third kappa shape index (κ3) is 5.93. The van der Waals surface area contributed by atoms with E-state index in [-0.39, 0.29) is 5.91 Å². The van der Waals surface area contributed by atoms with Crippen molar-refractivity contribution in [3.05, 3.63) is 0 Å². The summed E-state index contributed by atoms with van der Waals surface area (Å²) in [5.41, 5.74) is 4.86. The predicted molar refractivity (Wildman–Crippen MR) is 58.8 cm³/mol. The van der Waals surface area contributed by atoms with Crippen LogP contribution in [0, 0.1) is 5.92 Å². The number of hydrogen-bond donors (Lipinski definition) is 2. The minimum Gasteiger partial charge on any atom is -0.354 e. The number of hydrogen-bond acceptors (Lipinski definition) is 3. The zero-order valence-electron chi connectivity index (χ0n) is 8.89. The van der Waals surface area contributed by atoms with Gasteiger partial charge in [0, 0.05) is 6.54 Å². The quantitative estimate of drug-likeness (QED) is 0.698. The van der Waals surface area contributed by atoms with Crippen LogP contribution in [-0.2, 0) is 4.79 Å². The highest BCUT2D eigenvalue weighted by Gasteiger charge is 2.21. The molecule has 0 saturated carbocycles. The Morgan fingerprint density at radius 2 is 2.15 bits per heavy atom. The van der Waals surface area contributed by atoms with Crippen LogP contribution in [0.4, 0.5) is 0 Å². The molecule has 0 saturated heterocycles. The van der Waals surface area contributed by atoms with Crippen LogP contribution in [-0.4, -0.2) is 30.0 Å². The summed E-state index contributed by atoms with van der Waals surface area (Å²) in [6.07, 6.45) is 2.06. The molecule has 0 aromatic rings. The summed E-state index contributed by atoms with van der Waals surface area (Å²) in [7, 11) is 0. The molecule has 0 aliphatic rings. The fraction of sp³-hybridized carbons (Fsp3) is 0.889. The Balaban J connectivity index is 3.71. The van der Waals surface area contributed by atoms with Gasteiger partial charge in [-0.3, -0.25) is 4.79 Å². The zero-order valence-corrected chi connectivity index (χ0v) is 9.70. The van der Waals surface area contributed by atoms with E-state index < -0.39 is 5.54 Å². The largest absolute Gasteiger partial charge is 0.354 e. The Morgan fingerprint density at radius 1 is 1.62 bits per heavy atom. The number of thioether (sulfide) groups is 1. The van der Waals surface area contributed by atoms with Crippen molar-refractivity contribution in [2.24, 2.45) is 11.7 Å². The number of rotatable bonds is 5. The molecule has 1 unspecified atom stereocenters. The molecule has 13 heavy (non-hydrogen) atoms. The van der Waals surface area contributed by atoms with E-state index in [0.29, 0.717) is 12.5 Å². The van der Waals surface area contributed by atoms with Gasteiger partial charge in [0.1, 0.15) is 0 Å². The van der Waals surface area contributed by atoms with Crippen molar-refractivity contribution in [1.29, 1.82) is 0 Å². The zero-order chi connectivity index (χ0) is 10.5. The third-order valence-corrected chi connectivity index (χ3v) is 2.55. The molecule has 0 rings (SSSR count). The van der Waals surface area contributed by atoms with Gasteiger partial charge < -0.3 is 11.1 Å². The summed E-state index contributed by atoms with van der Waals surface area (Å²) < 4.78 is 0. The normalized spacial score (nSPS) is 13.9. The molecule has 0 spiro atoms. The van der Waals surface area contributed by atoms with Crippen LogP contribution in [0.2, 0.25) is 0 Å². The molecule has 0 aliphatic carbocycles. The van der Waals surface area contributed by atoms with E-state index >= 15 is 0 Å². The first-order valence-electron chi connectivity index (χ1n) is 4.44. The van der Waals surface area contributed by atoms with Gasteiger partial charge in [0.25, 0.3) is 0 Å². The molecule has 0 bridgehead atoms. The van der Waals surface area contributed by atoms with Crippen molar-refractivity contribution in [2.45, 2.75) is 26.3 Å². The van der Waals surface area contributed by atoms with Crippen LogP contribution in [0.15, 0.2) is 0 Å². The van der Waals surface area contributed by atoms with E-state index in [1.807, 2.05) is 0 Å². The standard InChI is InChI=1S/C9H20N2OS/c1-7(6-13-4)5-11-8(12)9(2,3)10/h7H,5-6,10H2,1-4H3,(H,11,12). The van der Waals surface area contributed by atoms with Crippen LogP contribution >= 0.6 is 11.8 Å². The van der Waals surface area contributed by atoms with Crippen molar-refractivity contribution in [2.75, 3.05) is 18.6 Å². The van der Waals surface area contributed by atoms with Gasteiger partial charge in [-0.15, -0.1) is 0 Å². The Hall–Kier alpha value is -0.220. The van der Waals surface area contributed by atoms with Crippen LogP contribution in [0.1, 0.15) is 20.8 Å². The van der Waals surface area contributed by atoms with E-state index in [0.717, 1.165) is 5.75 Å². The van der Waals surface area contributed by atoms with Gasteiger partial charge >= 0.3 is 0 Å². The molecular weight excluding hydrogens is 184 g/mol. The molecule has 4 heteroatoms. The van der Waals surface area contributed by atoms with Gasteiger partial charge in [-0.1, -0.05) is 6.92 Å². The Kier molecular flexibility index (Phi) is 5.40. The lowest BCUT2D eigenvalue weighted by Crippen LogP contribution is -2.50. The first kappa shape index (κ1) is 12.8. The van der Waals surface area contributed by atoms with Gasteiger partial charge in [-0.05, 0) is 31.8 Å². The Labute approximate surface area is 84.8 Å². The Bertz CT molecular complexity index is 165. The summed E-state index contributed by atoms with van der Waals surface area (Å²) in [6.45, 7) is 6.24. The molecule has 78 valence electrons. The minimum absolute atomic E-state index is 0.0829. The molecular formula is C9H20N2OS. The van der Waals surface area contributed by atoms with Gasteiger partial charge in [0.2, 0.25) is 5.91 Å². The number of nitrogens with one attached hydrogen (secondary N) is 1. The fourth-order valence-corrected chi connectivity index (χ4v) is 1.53. The second kappa shape index (κ2) is 5.50. The third-order valence-electron chi connectivity index (χ3n) is 1.65. The molecule has 3 N–H and O–H groups in total.